The summed E-state index contributed by atoms with van der Waals surface area (Å²) < 4.78 is 8.72. The second kappa shape index (κ2) is 18.7. The molecule has 1 amide bonds. The minimum atomic E-state index is -1.03. The van der Waals surface area contributed by atoms with Crippen molar-refractivity contribution in [1.29, 1.82) is 0 Å². The van der Waals surface area contributed by atoms with Gasteiger partial charge in [0.05, 0.1) is 11.3 Å². The zero-order valence-corrected chi connectivity index (χ0v) is 28.5. The number of benzene rings is 3. The summed E-state index contributed by atoms with van der Waals surface area (Å²) in [5.41, 5.74) is 5.97. The molecule has 12 heteroatoms. The highest BCUT2D eigenvalue weighted by Gasteiger charge is 2.42. The van der Waals surface area contributed by atoms with Gasteiger partial charge in [0.2, 0.25) is 0 Å². The molecule has 2 heterocycles. The standard InChI is InChI=1S/C23H22N2O3S2.C8H8.C3H6O2S.FHS/c26-21(27)13-24-22(28)20(30-23(24)29)12-14-9-10-19-17(11-14)16-7-4-8-18(16)25(19)15-5-2-1-3-6-15;1-2-8-6-4-3-5-7-8;4-3(5)1-2-6;1-2/h1-3,5-6,9-12,16,18,23,29H,4,7-8,13H2,(H,26,27);2-7H,1H2;6H,1-2H2,(H,4,5);2H/b20-12-;;;. The van der Waals surface area contributed by atoms with Crippen LogP contribution in [-0.4, -0.2) is 56.0 Å². The van der Waals surface area contributed by atoms with Gasteiger partial charge < -0.3 is 20.0 Å². The van der Waals surface area contributed by atoms with Crippen LogP contribution in [0.1, 0.15) is 48.3 Å². The van der Waals surface area contributed by atoms with Gasteiger partial charge in [0.25, 0.3) is 5.91 Å². The van der Waals surface area contributed by atoms with E-state index >= 15 is 0 Å². The maximum atomic E-state index is 12.6. The molecular formula is C34H37FN2O5S4. The number of carbonyl (C=O) groups excluding carboxylic acids is 1. The molecule has 0 spiro atoms. The number of para-hydroxylation sites is 1. The van der Waals surface area contributed by atoms with Gasteiger partial charge in [-0.15, -0.1) is 12.6 Å². The summed E-state index contributed by atoms with van der Waals surface area (Å²) in [4.78, 5) is 37.5. The van der Waals surface area contributed by atoms with Crippen LogP contribution in [-0.2, 0) is 14.4 Å². The van der Waals surface area contributed by atoms with E-state index in [1.54, 1.807) is 0 Å². The summed E-state index contributed by atoms with van der Waals surface area (Å²) in [5.74, 6) is -1.16. The number of fused-ring (bicyclic) bond motifs is 3. The van der Waals surface area contributed by atoms with E-state index in [4.69, 9.17) is 10.2 Å². The topological polar surface area (TPSA) is 98.1 Å². The third-order valence-corrected chi connectivity index (χ3v) is 9.32. The SMILES string of the molecule is C=Cc1ccccc1.FS.O=C(O)CCS.O=C(O)CN1C(=O)/C(=C/c2ccc3c(c2)C2CCCC2N3c2ccccc2)SC1S. The van der Waals surface area contributed by atoms with Crippen LogP contribution in [0.15, 0.2) is 90.3 Å². The Morgan fingerprint density at radius 1 is 0.957 bits per heavy atom. The lowest BCUT2D eigenvalue weighted by molar-refractivity contribution is -0.142. The third-order valence-electron chi connectivity index (χ3n) is 7.49. The molecule has 3 atom stereocenters. The van der Waals surface area contributed by atoms with E-state index in [9.17, 15) is 18.3 Å². The van der Waals surface area contributed by atoms with Crippen LogP contribution in [0.3, 0.4) is 0 Å². The summed E-state index contributed by atoms with van der Waals surface area (Å²) in [7, 11) is 0. The van der Waals surface area contributed by atoms with Crippen molar-refractivity contribution in [2.24, 2.45) is 0 Å². The van der Waals surface area contributed by atoms with Crippen molar-refractivity contribution in [2.45, 2.75) is 42.3 Å². The molecule has 3 aliphatic rings. The summed E-state index contributed by atoms with van der Waals surface area (Å²) in [6.45, 7) is 3.29. The van der Waals surface area contributed by atoms with Crippen molar-refractivity contribution >= 4 is 91.4 Å². The smallest absolute Gasteiger partial charge is 0.323 e. The molecular weight excluding hydrogens is 664 g/mol. The highest BCUT2D eigenvalue weighted by molar-refractivity contribution is 8.14. The number of carboxylic acid groups (broad SMARTS) is 2. The molecule has 6 rings (SSSR count). The molecule has 244 valence electrons. The maximum Gasteiger partial charge on any atom is 0.323 e. The van der Waals surface area contributed by atoms with Crippen molar-refractivity contribution in [3.63, 3.8) is 0 Å². The average Bonchev–Trinajstić information content (AvgIpc) is 3.73. The Morgan fingerprint density at radius 3 is 2.15 bits per heavy atom. The Hall–Kier alpha value is -3.32. The monoisotopic (exact) mass is 700 g/mol. The van der Waals surface area contributed by atoms with E-state index in [-0.39, 0.29) is 18.9 Å². The van der Waals surface area contributed by atoms with Gasteiger partial charge in [-0.3, -0.25) is 14.4 Å². The highest BCUT2D eigenvalue weighted by Crippen LogP contribution is 2.52. The fraction of sp³-hybridized carbons (Fsp3) is 0.265. The lowest BCUT2D eigenvalue weighted by Gasteiger charge is -2.27. The average molecular weight is 701 g/mol. The molecule has 0 bridgehead atoms. The molecule has 1 aliphatic carbocycles. The Morgan fingerprint density at radius 2 is 1.61 bits per heavy atom. The van der Waals surface area contributed by atoms with Crippen LogP contribution < -0.4 is 4.90 Å². The number of aliphatic carboxylic acids is 2. The van der Waals surface area contributed by atoms with Crippen LogP contribution in [0, 0.1) is 0 Å². The Bertz CT molecular complexity index is 1510. The van der Waals surface area contributed by atoms with Gasteiger partial charge in [0.1, 0.15) is 11.3 Å². The summed E-state index contributed by atoms with van der Waals surface area (Å²) >= 11 is 11.4. The second-order valence-corrected chi connectivity index (χ2v) is 12.8. The fourth-order valence-corrected chi connectivity index (χ4v) is 7.25. The number of nitrogens with zero attached hydrogens (tertiary/aromatic N) is 2. The molecule has 0 aromatic heterocycles. The van der Waals surface area contributed by atoms with E-state index in [0.717, 1.165) is 5.56 Å². The predicted octanol–water partition coefficient (Wildman–Crippen LogP) is 8.21. The lowest BCUT2D eigenvalue weighted by atomic mass is 9.96. The number of amides is 1. The maximum absolute atomic E-state index is 12.6. The number of thiol groups is 3. The largest absolute Gasteiger partial charge is 0.481 e. The molecule has 3 unspecified atom stereocenters. The molecule has 2 fully saturated rings. The molecule has 1 saturated carbocycles. The Labute approximate surface area is 290 Å². The molecule has 3 aromatic carbocycles. The van der Waals surface area contributed by atoms with Gasteiger partial charge in [-0.2, -0.15) is 16.5 Å². The molecule has 7 nitrogen and oxygen atoms in total. The Kier molecular flexibility index (Phi) is 15.1. The van der Waals surface area contributed by atoms with E-state index in [2.05, 4.69) is 73.1 Å². The van der Waals surface area contributed by atoms with Crippen LogP contribution >= 0.6 is 50.0 Å². The molecule has 46 heavy (non-hydrogen) atoms. The minimum Gasteiger partial charge on any atom is -0.481 e. The number of hydrogen-bond donors (Lipinski definition) is 5. The quantitative estimate of drug-likeness (QED) is 0.125. The van der Waals surface area contributed by atoms with Crippen molar-refractivity contribution in [3.8, 4) is 0 Å². The van der Waals surface area contributed by atoms with Crippen LogP contribution in [0.5, 0.6) is 0 Å². The van der Waals surface area contributed by atoms with Crippen molar-refractivity contribution in [3.05, 3.63) is 107 Å². The van der Waals surface area contributed by atoms with E-state index in [1.807, 2.05) is 67.6 Å². The number of hydrogen-bond acceptors (Lipinski definition) is 8. The van der Waals surface area contributed by atoms with E-state index in [1.165, 1.54) is 58.4 Å². The number of rotatable bonds is 7. The first-order valence-electron chi connectivity index (χ1n) is 14.5. The molecule has 1 saturated heterocycles. The van der Waals surface area contributed by atoms with Crippen LogP contribution in [0.4, 0.5) is 15.3 Å². The molecule has 2 aliphatic heterocycles. The summed E-state index contributed by atoms with van der Waals surface area (Å²) in [6, 6.07) is 27.5. The number of halogens is 1. The molecule has 2 N–H and O–H groups in total. The predicted molar refractivity (Wildman–Crippen MR) is 196 cm³/mol. The van der Waals surface area contributed by atoms with E-state index < -0.39 is 16.6 Å². The molecule has 0 radical (unpaired) electrons. The summed E-state index contributed by atoms with van der Waals surface area (Å²) in [6.07, 6.45) is 7.45. The normalized spacial score (nSPS) is 19.9. The highest BCUT2D eigenvalue weighted by atomic mass is 32.2. The van der Waals surface area contributed by atoms with Gasteiger partial charge >= 0.3 is 11.9 Å². The van der Waals surface area contributed by atoms with Gasteiger partial charge in [0, 0.05) is 42.1 Å². The van der Waals surface area contributed by atoms with Crippen molar-refractivity contribution in [1.82, 2.24) is 4.90 Å². The van der Waals surface area contributed by atoms with E-state index in [0.29, 0.717) is 22.6 Å². The lowest BCUT2D eigenvalue weighted by Crippen LogP contribution is -2.34. The fourth-order valence-electron chi connectivity index (χ4n) is 5.59. The van der Waals surface area contributed by atoms with Crippen molar-refractivity contribution in [2.75, 3.05) is 17.2 Å². The third kappa shape index (κ3) is 9.84. The zero-order chi connectivity index (χ0) is 33.6. The van der Waals surface area contributed by atoms with Gasteiger partial charge in [-0.25, -0.2) is 0 Å². The van der Waals surface area contributed by atoms with Gasteiger partial charge in [-0.05, 0) is 59.9 Å². The first-order valence-corrected chi connectivity index (χ1v) is 16.8. The first kappa shape index (κ1) is 37.1. The van der Waals surface area contributed by atoms with Crippen LogP contribution in [0.2, 0.25) is 0 Å². The number of anilines is 2. The number of carbonyl (C=O) groups is 3. The van der Waals surface area contributed by atoms with Gasteiger partial charge in [0.15, 0.2) is 0 Å². The van der Waals surface area contributed by atoms with Gasteiger partial charge in [-0.1, -0.05) is 85.4 Å². The second-order valence-electron chi connectivity index (χ2n) is 10.4. The van der Waals surface area contributed by atoms with Crippen molar-refractivity contribution < 1.29 is 28.5 Å². The minimum absolute atomic E-state index is 0.156. The summed E-state index contributed by atoms with van der Waals surface area (Å²) in [5, 5.41) is 16.9. The first-order chi connectivity index (χ1) is 22.2. The Balaban J connectivity index is 0.000000298. The number of thioether (sulfide) groups is 1. The number of carboxylic acids is 2. The molecule has 3 aromatic rings. The van der Waals surface area contributed by atoms with Crippen LogP contribution in [0.25, 0.3) is 12.2 Å². The zero-order valence-electron chi connectivity index (χ0n) is 25.0.